The number of ether oxygens (including phenoxy) is 1. The summed E-state index contributed by atoms with van der Waals surface area (Å²) in [7, 11) is 0. The normalized spacial score (nSPS) is 10.2. The Kier molecular flexibility index (Phi) is 4.03. The number of imide groups is 1. The van der Waals surface area contributed by atoms with E-state index in [1.165, 1.54) is 20.8 Å². The van der Waals surface area contributed by atoms with Crippen molar-refractivity contribution in [3.8, 4) is 5.75 Å². The molecule has 0 fully saturated rings. The van der Waals surface area contributed by atoms with Crippen LogP contribution in [0.25, 0.3) is 10.8 Å². The molecule has 0 aliphatic heterocycles. The van der Waals surface area contributed by atoms with Gasteiger partial charge in [-0.05, 0) is 11.5 Å². The Labute approximate surface area is 122 Å². The van der Waals surface area contributed by atoms with E-state index in [0.29, 0.717) is 11.1 Å². The summed E-state index contributed by atoms with van der Waals surface area (Å²) >= 11 is 0. The van der Waals surface area contributed by atoms with Gasteiger partial charge in [0.25, 0.3) is 0 Å². The molecule has 2 aromatic carbocycles. The van der Waals surface area contributed by atoms with Gasteiger partial charge in [-0.2, -0.15) is 0 Å². The van der Waals surface area contributed by atoms with Crippen LogP contribution in [-0.4, -0.2) is 17.8 Å². The smallest absolute Gasteiger partial charge is 0.308 e. The number of fused-ring (bicyclic) bond motifs is 1. The third kappa shape index (κ3) is 2.91. The van der Waals surface area contributed by atoms with Crippen LogP contribution in [0.2, 0.25) is 0 Å². The molecule has 2 rings (SSSR count). The fourth-order valence-corrected chi connectivity index (χ4v) is 2.24. The average molecular weight is 285 g/mol. The largest absolute Gasteiger partial charge is 0.424 e. The van der Waals surface area contributed by atoms with Crippen molar-refractivity contribution in [2.75, 3.05) is 4.90 Å². The monoisotopic (exact) mass is 285 g/mol. The summed E-state index contributed by atoms with van der Waals surface area (Å²) in [6.07, 6.45) is 0. The van der Waals surface area contributed by atoms with Crippen molar-refractivity contribution >= 4 is 34.2 Å². The van der Waals surface area contributed by atoms with Gasteiger partial charge in [0.1, 0.15) is 5.69 Å². The standard InChI is InChI=1S/C16H15NO4/c1-10(18)17(11(2)19)16-14-7-5-4-6-13(14)8-9-15(16)21-12(3)20/h4-9H,1-3H3. The maximum atomic E-state index is 11.8. The van der Waals surface area contributed by atoms with Crippen LogP contribution in [-0.2, 0) is 14.4 Å². The lowest BCUT2D eigenvalue weighted by atomic mass is 10.1. The van der Waals surface area contributed by atoms with Gasteiger partial charge in [-0.1, -0.05) is 30.3 Å². The van der Waals surface area contributed by atoms with Crippen LogP contribution in [0.15, 0.2) is 36.4 Å². The number of amides is 2. The minimum Gasteiger partial charge on any atom is -0.424 e. The molecular formula is C16H15NO4. The topological polar surface area (TPSA) is 63.7 Å². The summed E-state index contributed by atoms with van der Waals surface area (Å²) < 4.78 is 5.15. The van der Waals surface area contributed by atoms with E-state index in [9.17, 15) is 14.4 Å². The van der Waals surface area contributed by atoms with Crippen LogP contribution in [0, 0.1) is 0 Å². The van der Waals surface area contributed by atoms with Gasteiger partial charge < -0.3 is 4.74 Å². The summed E-state index contributed by atoms with van der Waals surface area (Å²) in [6, 6.07) is 10.6. The highest BCUT2D eigenvalue weighted by Crippen LogP contribution is 2.36. The van der Waals surface area contributed by atoms with E-state index in [2.05, 4.69) is 0 Å². The first kappa shape index (κ1) is 14.7. The van der Waals surface area contributed by atoms with E-state index in [4.69, 9.17) is 4.74 Å². The first-order valence-electron chi connectivity index (χ1n) is 6.43. The minimum absolute atomic E-state index is 0.187. The highest BCUT2D eigenvalue weighted by molar-refractivity contribution is 6.19. The van der Waals surface area contributed by atoms with Crippen molar-refractivity contribution in [2.45, 2.75) is 20.8 Å². The van der Waals surface area contributed by atoms with Crippen molar-refractivity contribution in [1.29, 1.82) is 0 Å². The minimum atomic E-state index is -0.515. The Hall–Kier alpha value is -2.69. The molecule has 21 heavy (non-hydrogen) atoms. The molecule has 108 valence electrons. The molecule has 0 unspecified atom stereocenters. The maximum Gasteiger partial charge on any atom is 0.308 e. The molecule has 0 atom stereocenters. The summed E-state index contributed by atoms with van der Waals surface area (Å²) in [4.78, 5) is 35.9. The van der Waals surface area contributed by atoms with Crippen molar-refractivity contribution in [3.63, 3.8) is 0 Å². The first-order valence-corrected chi connectivity index (χ1v) is 6.43. The van der Waals surface area contributed by atoms with Crippen LogP contribution in [0.5, 0.6) is 5.75 Å². The Bertz CT molecular complexity index is 722. The van der Waals surface area contributed by atoms with Gasteiger partial charge in [0.15, 0.2) is 5.75 Å². The van der Waals surface area contributed by atoms with Gasteiger partial charge in [0, 0.05) is 26.2 Å². The second kappa shape index (κ2) is 5.75. The molecule has 0 bridgehead atoms. The van der Waals surface area contributed by atoms with E-state index in [-0.39, 0.29) is 5.75 Å². The summed E-state index contributed by atoms with van der Waals surface area (Å²) in [6.45, 7) is 3.85. The predicted molar refractivity (Wildman–Crippen MR) is 79.1 cm³/mol. The highest BCUT2D eigenvalue weighted by atomic mass is 16.5. The molecule has 0 spiro atoms. The number of carbonyl (C=O) groups excluding carboxylic acids is 3. The molecular weight excluding hydrogens is 270 g/mol. The number of rotatable bonds is 2. The third-order valence-corrected chi connectivity index (χ3v) is 2.97. The van der Waals surface area contributed by atoms with Gasteiger partial charge in [-0.25, -0.2) is 4.90 Å². The average Bonchev–Trinajstić information content (AvgIpc) is 2.40. The third-order valence-electron chi connectivity index (χ3n) is 2.97. The van der Waals surface area contributed by atoms with Crippen LogP contribution >= 0.6 is 0 Å². The number of nitrogens with zero attached hydrogens (tertiary/aromatic N) is 1. The lowest BCUT2D eigenvalue weighted by molar-refractivity contribution is -0.132. The molecule has 0 saturated carbocycles. The fourth-order valence-electron chi connectivity index (χ4n) is 2.24. The zero-order valence-corrected chi connectivity index (χ0v) is 12.0. The lowest BCUT2D eigenvalue weighted by Crippen LogP contribution is -2.33. The molecule has 5 nitrogen and oxygen atoms in total. The molecule has 2 amide bonds. The Morgan fingerprint density at radius 1 is 0.905 bits per heavy atom. The Morgan fingerprint density at radius 3 is 2.10 bits per heavy atom. The van der Waals surface area contributed by atoms with Crippen LogP contribution in [0.1, 0.15) is 20.8 Å². The molecule has 0 aliphatic carbocycles. The number of anilines is 1. The maximum absolute atomic E-state index is 11.8. The zero-order valence-electron chi connectivity index (χ0n) is 12.0. The molecule has 0 saturated heterocycles. The number of benzene rings is 2. The predicted octanol–water partition coefficient (Wildman–Crippen LogP) is 2.66. The Balaban J connectivity index is 2.79. The van der Waals surface area contributed by atoms with Gasteiger partial charge in [-0.3, -0.25) is 14.4 Å². The van der Waals surface area contributed by atoms with E-state index < -0.39 is 17.8 Å². The van der Waals surface area contributed by atoms with Crippen molar-refractivity contribution in [3.05, 3.63) is 36.4 Å². The van der Waals surface area contributed by atoms with Gasteiger partial charge >= 0.3 is 5.97 Å². The zero-order chi connectivity index (χ0) is 15.6. The first-order chi connectivity index (χ1) is 9.91. The fraction of sp³-hybridized carbons (Fsp3) is 0.188. The molecule has 2 aromatic rings. The highest BCUT2D eigenvalue weighted by Gasteiger charge is 2.23. The van der Waals surface area contributed by atoms with Gasteiger partial charge in [0.05, 0.1) is 0 Å². The van der Waals surface area contributed by atoms with Crippen molar-refractivity contribution in [1.82, 2.24) is 0 Å². The second-order valence-electron chi connectivity index (χ2n) is 4.60. The SMILES string of the molecule is CC(=O)Oc1ccc2ccccc2c1N(C(C)=O)C(C)=O. The van der Waals surface area contributed by atoms with Gasteiger partial charge in [-0.15, -0.1) is 0 Å². The number of hydrogen-bond donors (Lipinski definition) is 0. The van der Waals surface area contributed by atoms with E-state index >= 15 is 0 Å². The van der Waals surface area contributed by atoms with E-state index in [0.717, 1.165) is 10.3 Å². The number of carbonyl (C=O) groups is 3. The molecule has 5 heteroatoms. The lowest BCUT2D eigenvalue weighted by Gasteiger charge is -2.22. The molecule has 0 aliphatic rings. The number of esters is 1. The Morgan fingerprint density at radius 2 is 1.52 bits per heavy atom. The van der Waals surface area contributed by atoms with Crippen molar-refractivity contribution in [2.24, 2.45) is 0 Å². The van der Waals surface area contributed by atoms with Crippen LogP contribution in [0.4, 0.5) is 5.69 Å². The van der Waals surface area contributed by atoms with Crippen molar-refractivity contribution < 1.29 is 19.1 Å². The van der Waals surface area contributed by atoms with Gasteiger partial charge in [0.2, 0.25) is 11.8 Å². The second-order valence-corrected chi connectivity index (χ2v) is 4.60. The molecule has 0 aromatic heterocycles. The summed E-state index contributed by atoms with van der Waals surface area (Å²) in [5.74, 6) is -1.20. The van der Waals surface area contributed by atoms with E-state index in [1.54, 1.807) is 24.3 Å². The quantitative estimate of drug-likeness (QED) is 0.628. The summed E-state index contributed by atoms with van der Waals surface area (Å²) in [5.41, 5.74) is 0.295. The van der Waals surface area contributed by atoms with E-state index in [1.807, 2.05) is 12.1 Å². The molecule has 0 radical (unpaired) electrons. The summed E-state index contributed by atoms with van der Waals surface area (Å²) in [5, 5.41) is 1.51. The molecule has 0 N–H and O–H groups in total. The van der Waals surface area contributed by atoms with Crippen LogP contribution < -0.4 is 9.64 Å². The number of hydrogen-bond acceptors (Lipinski definition) is 4. The van der Waals surface area contributed by atoms with Crippen LogP contribution in [0.3, 0.4) is 0 Å². The molecule has 0 heterocycles.